The molecule has 0 aromatic heterocycles. The predicted octanol–water partition coefficient (Wildman–Crippen LogP) is 3.05. The Morgan fingerprint density at radius 3 is 1.95 bits per heavy atom. The number of carbonyl (C=O) groups excluding carboxylic acids is 1. The number of nitrogens with one attached hydrogen (secondary N) is 1. The smallest absolute Gasteiger partial charge is 0.234 e. The van der Waals surface area contributed by atoms with Crippen LogP contribution < -0.4 is 5.32 Å². The van der Waals surface area contributed by atoms with Crippen molar-refractivity contribution < 1.29 is 4.79 Å². The molecule has 0 spiro atoms. The first-order valence-corrected chi connectivity index (χ1v) is 9.53. The van der Waals surface area contributed by atoms with Crippen molar-refractivity contribution in [3.05, 3.63) is 0 Å². The number of likely N-dealkylation sites (tertiary alicyclic amines) is 1. The lowest BCUT2D eigenvalue weighted by atomic mass is 9.53. The van der Waals surface area contributed by atoms with Crippen LogP contribution in [0.4, 0.5) is 0 Å². The first kappa shape index (κ1) is 15.0. The van der Waals surface area contributed by atoms with Crippen LogP contribution in [0.2, 0.25) is 0 Å². The zero-order valence-electron chi connectivity index (χ0n) is 14.3. The molecule has 4 aliphatic carbocycles. The summed E-state index contributed by atoms with van der Waals surface area (Å²) in [6.07, 6.45) is 9.42. The summed E-state index contributed by atoms with van der Waals surface area (Å²) in [6, 6.07) is 0. The van der Waals surface area contributed by atoms with Crippen LogP contribution in [0, 0.1) is 29.6 Å². The number of rotatable bonds is 3. The highest BCUT2D eigenvalue weighted by Gasteiger charge is 2.51. The summed E-state index contributed by atoms with van der Waals surface area (Å²) in [6.45, 7) is 7.45. The third-order valence-electron chi connectivity index (χ3n) is 6.75. The number of nitrogens with zero attached hydrogens (tertiary/aromatic N) is 1. The molecule has 0 radical (unpaired) electrons. The lowest BCUT2D eigenvalue weighted by molar-refractivity contribution is -0.128. The standard InChI is InChI=1S/C19H32N2O/c1-13-3-14(2)11-21(10-13)12-18(22)20-19-7-15-4-16(8-19)6-17(5-15)9-19/h13-17H,3-12H2,1-2H3,(H,20,22)/t13-,14+,15?,16?,17?,19?. The van der Waals surface area contributed by atoms with Gasteiger partial charge in [-0.1, -0.05) is 13.8 Å². The third-order valence-corrected chi connectivity index (χ3v) is 6.75. The van der Waals surface area contributed by atoms with E-state index in [0.717, 1.165) is 42.7 Å². The molecule has 5 aliphatic rings. The van der Waals surface area contributed by atoms with E-state index in [1.165, 1.54) is 44.9 Å². The average Bonchev–Trinajstić information content (AvgIpc) is 2.33. The molecule has 5 rings (SSSR count). The van der Waals surface area contributed by atoms with Crippen LogP contribution >= 0.6 is 0 Å². The molecule has 4 bridgehead atoms. The number of amides is 1. The van der Waals surface area contributed by atoms with E-state index in [9.17, 15) is 4.79 Å². The molecule has 1 N–H and O–H groups in total. The van der Waals surface area contributed by atoms with Gasteiger partial charge in [0.1, 0.15) is 0 Å². The van der Waals surface area contributed by atoms with Gasteiger partial charge in [-0.25, -0.2) is 0 Å². The highest BCUT2D eigenvalue weighted by Crippen LogP contribution is 2.55. The first-order valence-electron chi connectivity index (χ1n) is 9.53. The van der Waals surface area contributed by atoms with Gasteiger partial charge in [-0.3, -0.25) is 9.69 Å². The molecule has 1 amide bonds. The second-order valence-electron chi connectivity index (χ2n) is 9.39. The van der Waals surface area contributed by atoms with Crippen LogP contribution in [-0.2, 0) is 4.79 Å². The van der Waals surface area contributed by atoms with Crippen molar-refractivity contribution in [2.45, 2.75) is 64.3 Å². The minimum Gasteiger partial charge on any atom is -0.350 e. The Morgan fingerprint density at radius 2 is 1.45 bits per heavy atom. The van der Waals surface area contributed by atoms with Crippen molar-refractivity contribution in [3.8, 4) is 0 Å². The van der Waals surface area contributed by atoms with Crippen molar-refractivity contribution in [1.29, 1.82) is 0 Å². The van der Waals surface area contributed by atoms with Gasteiger partial charge in [0, 0.05) is 18.6 Å². The van der Waals surface area contributed by atoms with Gasteiger partial charge in [0.2, 0.25) is 5.91 Å². The van der Waals surface area contributed by atoms with E-state index in [1.54, 1.807) is 0 Å². The molecule has 3 nitrogen and oxygen atoms in total. The van der Waals surface area contributed by atoms with Crippen molar-refractivity contribution in [1.82, 2.24) is 10.2 Å². The molecule has 0 aromatic rings. The van der Waals surface area contributed by atoms with Gasteiger partial charge < -0.3 is 5.32 Å². The fraction of sp³-hybridized carbons (Fsp3) is 0.947. The summed E-state index contributed by atoms with van der Waals surface area (Å²) in [7, 11) is 0. The van der Waals surface area contributed by atoms with Crippen LogP contribution in [0.3, 0.4) is 0 Å². The van der Waals surface area contributed by atoms with Crippen LogP contribution in [0.25, 0.3) is 0 Å². The second-order valence-corrected chi connectivity index (χ2v) is 9.39. The van der Waals surface area contributed by atoms with Crippen molar-refractivity contribution >= 4 is 5.91 Å². The average molecular weight is 304 g/mol. The summed E-state index contributed by atoms with van der Waals surface area (Å²) in [4.78, 5) is 15.0. The minimum atomic E-state index is 0.179. The number of piperidine rings is 1. The number of hydrogen-bond donors (Lipinski definition) is 1. The molecular formula is C19H32N2O. The fourth-order valence-electron chi connectivity index (χ4n) is 6.72. The Hall–Kier alpha value is -0.570. The molecule has 0 aromatic carbocycles. The highest BCUT2D eigenvalue weighted by molar-refractivity contribution is 5.79. The second kappa shape index (κ2) is 5.51. The van der Waals surface area contributed by atoms with E-state index in [-0.39, 0.29) is 5.54 Å². The quantitative estimate of drug-likeness (QED) is 0.869. The Labute approximate surface area is 135 Å². The summed E-state index contributed by atoms with van der Waals surface area (Å²) in [5.74, 6) is 4.47. The molecule has 1 aliphatic heterocycles. The zero-order valence-corrected chi connectivity index (χ0v) is 14.3. The molecule has 3 heteroatoms. The van der Waals surface area contributed by atoms with Crippen LogP contribution in [0.5, 0.6) is 0 Å². The minimum absolute atomic E-state index is 0.179. The molecule has 4 saturated carbocycles. The van der Waals surface area contributed by atoms with Crippen LogP contribution in [-0.4, -0.2) is 36.0 Å². The largest absolute Gasteiger partial charge is 0.350 e. The van der Waals surface area contributed by atoms with Crippen LogP contribution in [0.1, 0.15) is 58.8 Å². The Kier molecular flexibility index (Phi) is 3.75. The first-order chi connectivity index (χ1) is 10.5. The van der Waals surface area contributed by atoms with E-state index >= 15 is 0 Å². The maximum atomic E-state index is 12.7. The molecule has 1 saturated heterocycles. The molecular weight excluding hydrogens is 272 g/mol. The molecule has 5 fully saturated rings. The molecule has 2 atom stereocenters. The highest BCUT2D eigenvalue weighted by atomic mass is 16.2. The molecule has 0 unspecified atom stereocenters. The fourth-order valence-corrected chi connectivity index (χ4v) is 6.72. The number of carbonyl (C=O) groups is 1. The summed E-state index contributed by atoms with van der Waals surface area (Å²) < 4.78 is 0. The van der Waals surface area contributed by atoms with Gasteiger partial charge in [0.15, 0.2) is 0 Å². The van der Waals surface area contributed by atoms with Gasteiger partial charge in [-0.2, -0.15) is 0 Å². The predicted molar refractivity (Wildman–Crippen MR) is 88.4 cm³/mol. The van der Waals surface area contributed by atoms with Gasteiger partial charge in [0.25, 0.3) is 0 Å². The molecule has 1 heterocycles. The van der Waals surface area contributed by atoms with Crippen LogP contribution in [0.15, 0.2) is 0 Å². The van der Waals surface area contributed by atoms with E-state index in [1.807, 2.05) is 0 Å². The molecule has 22 heavy (non-hydrogen) atoms. The SMILES string of the molecule is C[C@@H]1C[C@H](C)CN(CC(=O)NC23CC4CC(CC(C4)C2)C3)C1. The number of hydrogen-bond acceptors (Lipinski definition) is 2. The van der Waals surface area contributed by atoms with Crippen molar-refractivity contribution in [3.63, 3.8) is 0 Å². The topological polar surface area (TPSA) is 32.3 Å². The van der Waals surface area contributed by atoms with Gasteiger partial charge >= 0.3 is 0 Å². The lowest BCUT2D eigenvalue weighted by Gasteiger charge is -2.57. The maximum absolute atomic E-state index is 12.7. The van der Waals surface area contributed by atoms with Crippen molar-refractivity contribution in [2.75, 3.05) is 19.6 Å². The van der Waals surface area contributed by atoms with E-state index < -0.39 is 0 Å². The lowest BCUT2D eigenvalue weighted by Crippen LogP contribution is -2.61. The summed E-state index contributed by atoms with van der Waals surface area (Å²) in [5, 5.41) is 3.52. The Bertz CT molecular complexity index is 401. The maximum Gasteiger partial charge on any atom is 0.234 e. The monoisotopic (exact) mass is 304 g/mol. The third kappa shape index (κ3) is 2.93. The molecule has 124 valence electrons. The normalized spacial score (nSPS) is 47.6. The van der Waals surface area contributed by atoms with E-state index in [0.29, 0.717) is 12.5 Å². The summed E-state index contributed by atoms with van der Waals surface area (Å²) >= 11 is 0. The van der Waals surface area contributed by atoms with E-state index in [4.69, 9.17) is 0 Å². The van der Waals surface area contributed by atoms with Crippen molar-refractivity contribution in [2.24, 2.45) is 29.6 Å². The summed E-state index contributed by atoms with van der Waals surface area (Å²) in [5.41, 5.74) is 0.179. The Balaban J connectivity index is 1.36. The Morgan fingerprint density at radius 1 is 0.955 bits per heavy atom. The van der Waals surface area contributed by atoms with E-state index in [2.05, 4.69) is 24.1 Å². The van der Waals surface area contributed by atoms with Gasteiger partial charge in [-0.15, -0.1) is 0 Å². The van der Waals surface area contributed by atoms with Gasteiger partial charge in [0.05, 0.1) is 6.54 Å². The van der Waals surface area contributed by atoms with Gasteiger partial charge in [-0.05, 0) is 74.5 Å². The zero-order chi connectivity index (χ0) is 15.3.